The average molecular weight is 477 g/mol. The predicted octanol–water partition coefficient (Wildman–Crippen LogP) is 5.45. The highest BCUT2D eigenvalue weighted by atomic mass is 19.1. The number of ether oxygens (including phenoxy) is 1. The van der Waals surface area contributed by atoms with Crippen molar-refractivity contribution in [1.29, 1.82) is 0 Å². The molecule has 8 heteroatoms. The summed E-state index contributed by atoms with van der Waals surface area (Å²) >= 11 is 0. The quantitative estimate of drug-likeness (QED) is 0.361. The molecule has 35 heavy (non-hydrogen) atoms. The van der Waals surface area contributed by atoms with E-state index in [2.05, 4.69) is 0 Å². The lowest BCUT2D eigenvalue weighted by molar-refractivity contribution is -0.484. The molecule has 0 fully saturated rings. The summed E-state index contributed by atoms with van der Waals surface area (Å²) in [7, 11) is 0. The molecule has 0 saturated carbocycles. The van der Waals surface area contributed by atoms with Crippen LogP contribution in [0.25, 0.3) is 0 Å². The molecule has 4 rings (SSSR count). The van der Waals surface area contributed by atoms with Crippen LogP contribution in [-0.4, -0.2) is 29.1 Å². The summed E-state index contributed by atoms with van der Waals surface area (Å²) in [6, 6.07) is 20.8. The van der Waals surface area contributed by atoms with Gasteiger partial charge in [-0.05, 0) is 49.6 Å². The van der Waals surface area contributed by atoms with E-state index >= 15 is 4.39 Å². The molecule has 0 radical (unpaired) electrons. The molecule has 180 valence electrons. The van der Waals surface area contributed by atoms with E-state index in [1.165, 1.54) is 18.2 Å². The topological polar surface area (TPSA) is 89.8 Å². The van der Waals surface area contributed by atoms with Gasteiger partial charge in [-0.2, -0.15) is 0 Å². The normalized spacial score (nSPS) is 18.2. The minimum Gasteiger partial charge on any atom is -0.443 e. The molecule has 1 aliphatic rings. The van der Waals surface area contributed by atoms with Gasteiger partial charge in [-0.1, -0.05) is 66.7 Å². The van der Waals surface area contributed by atoms with Crippen molar-refractivity contribution in [3.05, 3.63) is 111 Å². The lowest BCUT2D eigenvalue weighted by Crippen LogP contribution is -2.50. The van der Waals surface area contributed by atoms with E-state index in [1.807, 2.05) is 0 Å². The standard InChI is InChI=1S/C27H25FN2O5/c1-26(2,3)35-25(32)30-23-16-10-8-14-20(23)27(24(30)31,18-11-5-4-6-12-18)21(17-29(33)34)19-13-7-9-15-22(19)28/h4-16,21H,17H2,1-3H3/t21-,27+/m1/s1. The number of fused-ring (bicyclic) bond motifs is 1. The minimum atomic E-state index is -1.75. The molecule has 1 aliphatic heterocycles. The second-order valence-corrected chi connectivity index (χ2v) is 9.40. The van der Waals surface area contributed by atoms with Gasteiger partial charge < -0.3 is 4.74 Å². The highest BCUT2D eigenvalue weighted by molar-refractivity contribution is 6.23. The van der Waals surface area contributed by atoms with Crippen LogP contribution in [0.4, 0.5) is 14.9 Å². The Morgan fingerprint density at radius 3 is 2.26 bits per heavy atom. The fraction of sp³-hybridized carbons (Fsp3) is 0.259. The van der Waals surface area contributed by atoms with Crippen molar-refractivity contribution >= 4 is 17.7 Å². The Bertz CT molecular complexity index is 1290. The summed E-state index contributed by atoms with van der Waals surface area (Å²) in [4.78, 5) is 39.9. The Morgan fingerprint density at radius 2 is 1.63 bits per heavy atom. The molecule has 0 aromatic heterocycles. The lowest BCUT2D eigenvalue weighted by Gasteiger charge is -2.35. The van der Waals surface area contributed by atoms with Crippen LogP contribution < -0.4 is 4.90 Å². The maximum atomic E-state index is 15.2. The Morgan fingerprint density at radius 1 is 1.03 bits per heavy atom. The molecule has 0 bridgehead atoms. The molecule has 0 saturated heterocycles. The number of anilines is 1. The third-order valence-electron chi connectivity index (χ3n) is 6.05. The minimum absolute atomic E-state index is 0.0160. The number of carbonyl (C=O) groups is 2. The molecule has 2 amide bonds. The van der Waals surface area contributed by atoms with Crippen molar-refractivity contribution in [3.8, 4) is 0 Å². The first-order chi connectivity index (χ1) is 16.6. The molecule has 2 atom stereocenters. The molecule has 7 nitrogen and oxygen atoms in total. The number of nitro groups is 1. The second-order valence-electron chi connectivity index (χ2n) is 9.40. The van der Waals surface area contributed by atoms with Gasteiger partial charge in [0.05, 0.1) is 11.6 Å². The van der Waals surface area contributed by atoms with Gasteiger partial charge in [-0.3, -0.25) is 14.9 Å². The highest BCUT2D eigenvalue weighted by Crippen LogP contribution is 2.54. The van der Waals surface area contributed by atoms with Crippen LogP contribution in [0.5, 0.6) is 0 Å². The van der Waals surface area contributed by atoms with Crippen molar-refractivity contribution in [2.75, 3.05) is 11.4 Å². The van der Waals surface area contributed by atoms with E-state index in [1.54, 1.807) is 81.4 Å². The third kappa shape index (κ3) is 4.16. The van der Waals surface area contributed by atoms with Gasteiger partial charge in [0, 0.05) is 4.92 Å². The van der Waals surface area contributed by atoms with E-state index in [9.17, 15) is 19.7 Å². The van der Waals surface area contributed by atoms with Crippen molar-refractivity contribution in [3.63, 3.8) is 0 Å². The molecule has 0 spiro atoms. The number of amides is 2. The Labute approximate surface area is 202 Å². The zero-order chi connectivity index (χ0) is 25.4. The van der Waals surface area contributed by atoms with Crippen LogP contribution >= 0.6 is 0 Å². The maximum Gasteiger partial charge on any atom is 0.421 e. The van der Waals surface area contributed by atoms with E-state index in [0.717, 1.165) is 4.90 Å². The Balaban J connectivity index is 2.06. The summed E-state index contributed by atoms with van der Waals surface area (Å²) in [6.07, 6.45) is -0.902. The van der Waals surface area contributed by atoms with Crippen LogP contribution in [0.2, 0.25) is 0 Å². The van der Waals surface area contributed by atoms with Gasteiger partial charge in [0.25, 0.3) is 5.91 Å². The Kier molecular flexibility index (Phi) is 6.15. The van der Waals surface area contributed by atoms with Crippen molar-refractivity contribution < 1.29 is 23.6 Å². The second kappa shape index (κ2) is 8.94. The molecule has 0 aliphatic carbocycles. The maximum absolute atomic E-state index is 15.2. The molecule has 3 aromatic carbocycles. The van der Waals surface area contributed by atoms with E-state index in [4.69, 9.17) is 4.74 Å². The molecule has 0 unspecified atom stereocenters. The third-order valence-corrected chi connectivity index (χ3v) is 6.05. The van der Waals surface area contributed by atoms with Gasteiger partial charge in [0.1, 0.15) is 16.8 Å². The summed E-state index contributed by atoms with van der Waals surface area (Å²) < 4.78 is 20.7. The van der Waals surface area contributed by atoms with E-state index < -0.39 is 46.2 Å². The lowest BCUT2D eigenvalue weighted by atomic mass is 9.64. The Hall–Kier alpha value is -4.07. The number of rotatable bonds is 5. The van der Waals surface area contributed by atoms with Gasteiger partial charge in [-0.15, -0.1) is 0 Å². The number of nitrogens with zero attached hydrogens (tertiary/aromatic N) is 2. The smallest absolute Gasteiger partial charge is 0.421 e. The summed E-state index contributed by atoms with van der Waals surface area (Å²) in [5, 5.41) is 11.9. The summed E-state index contributed by atoms with van der Waals surface area (Å²) in [5.74, 6) is -2.65. The number of halogens is 1. The molecule has 3 aromatic rings. The van der Waals surface area contributed by atoms with Crippen molar-refractivity contribution in [2.24, 2.45) is 0 Å². The first kappa shape index (κ1) is 24.1. The van der Waals surface area contributed by atoms with E-state index in [0.29, 0.717) is 11.1 Å². The first-order valence-corrected chi connectivity index (χ1v) is 11.2. The van der Waals surface area contributed by atoms with Crippen LogP contribution in [0.15, 0.2) is 78.9 Å². The zero-order valence-corrected chi connectivity index (χ0v) is 19.6. The molecular formula is C27H25FN2O5. The number of para-hydroxylation sites is 1. The fourth-order valence-corrected chi connectivity index (χ4v) is 4.79. The molecular weight excluding hydrogens is 451 g/mol. The number of hydrogen-bond acceptors (Lipinski definition) is 5. The van der Waals surface area contributed by atoms with Crippen molar-refractivity contribution in [1.82, 2.24) is 0 Å². The van der Waals surface area contributed by atoms with E-state index in [-0.39, 0.29) is 11.3 Å². The average Bonchev–Trinajstić information content (AvgIpc) is 3.06. The van der Waals surface area contributed by atoms with Gasteiger partial charge >= 0.3 is 6.09 Å². The molecule has 0 N–H and O–H groups in total. The largest absolute Gasteiger partial charge is 0.443 e. The number of hydrogen-bond donors (Lipinski definition) is 0. The van der Waals surface area contributed by atoms with Crippen LogP contribution in [-0.2, 0) is 14.9 Å². The van der Waals surface area contributed by atoms with Crippen LogP contribution in [0, 0.1) is 15.9 Å². The van der Waals surface area contributed by atoms with Gasteiger partial charge in [0.2, 0.25) is 6.54 Å². The SMILES string of the molecule is CC(C)(C)OC(=O)N1C(=O)[C@](c2ccccc2)([C@H](C[N+](=O)[O-])c2ccccc2F)c2ccccc21. The number of carbonyl (C=O) groups excluding carboxylic acids is 2. The highest BCUT2D eigenvalue weighted by Gasteiger charge is 2.61. The summed E-state index contributed by atoms with van der Waals surface area (Å²) in [5.41, 5.74) is -1.58. The van der Waals surface area contributed by atoms with Crippen molar-refractivity contribution in [2.45, 2.75) is 37.7 Å². The summed E-state index contributed by atoms with van der Waals surface area (Å²) in [6.45, 7) is 4.29. The molecule has 1 heterocycles. The fourth-order valence-electron chi connectivity index (χ4n) is 4.79. The first-order valence-electron chi connectivity index (χ1n) is 11.2. The monoisotopic (exact) mass is 476 g/mol. The zero-order valence-electron chi connectivity index (χ0n) is 19.6. The van der Waals surface area contributed by atoms with Gasteiger partial charge in [-0.25, -0.2) is 14.1 Å². The predicted molar refractivity (Wildman–Crippen MR) is 128 cm³/mol. The van der Waals surface area contributed by atoms with Gasteiger partial charge in [0.15, 0.2) is 0 Å². The number of benzene rings is 3. The number of imide groups is 1. The van der Waals surface area contributed by atoms with Crippen LogP contribution in [0.3, 0.4) is 0 Å². The van der Waals surface area contributed by atoms with Crippen LogP contribution in [0.1, 0.15) is 43.4 Å².